The molecule has 0 amide bonds. The van der Waals surface area contributed by atoms with Gasteiger partial charge in [-0.15, -0.1) is 0 Å². The maximum absolute atomic E-state index is 7.07. The lowest BCUT2D eigenvalue weighted by atomic mass is 9.76. The molecule has 3 heterocycles. The topological polar surface area (TPSA) is 39.4 Å². The number of rotatable bonds is 2. The van der Waals surface area contributed by atoms with Crippen LogP contribution >= 0.6 is 0 Å². The molecule has 0 radical (unpaired) electrons. The molecule has 0 saturated heterocycles. The molecule has 14 rings (SSSR count). The molecule has 272 valence electrons. The Morgan fingerprint density at radius 2 is 0.776 bits per heavy atom. The third kappa shape index (κ3) is 3.80. The second-order valence-electron chi connectivity index (χ2n) is 16.5. The van der Waals surface area contributed by atoms with Crippen molar-refractivity contribution >= 4 is 87.4 Å². The van der Waals surface area contributed by atoms with Crippen LogP contribution in [0.1, 0.15) is 36.8 Å². The van der Waals surface area contributed by atoms with Gasteiger partial charge in [0.1, 0.15) is 33.5 Å². The predicted octanol–water partition coefficient (Wildman–Crippen LogP) is 15.9. The van der Waals surface area contributed by atoms with E-state index < -0.39 is 0 Å². The largest absolute Gasteiger partial charge is 0.456 e. The van der Waals surface area contributed by atoms with Crippen LogP contribution in [0.4, 0.5) is 0 Å². The second-order valence-corrected chi connectivity index (χ2v) is 16.5. The quantitative estimate of drug-likeness (QED) is 0.166. The van der Waals surface area contributed by atoms with E-state index in [1.54, 1.807) is 0 Å². The van der Waals surface area contributed by atoms with Gasteiger partial charge in [0, 0.05) is 60.0 Å². The van der Waals surface area contributed by atoms with Crippen molar-refractivity contribution in [2.75, 3.05) is 0 Å². The lowest BCUT2D eigenvalue weighted by molar-refractivity contribution is 0.550. The lowest BCUT2D eigenvalue weighted by Gasteiger charge is -2.26. The molecule has 2 aliphatic carbocycles. The van der Waals surface area contributed by atoms with Crippen LogP contribution in [-0.2, 0) is 5.41 Å². The van der Waals surface area contributed by atoms with Crippen LogP contribution in [-0.4, -0.2) is 0 Å². The molecule has 1 fully saturated rings. The van der Waals surface area contributed by atoms with E-state index in [0.717, 1.165) is 66.2 Å². The van der Waals surface area contributed by atoms with E-state index in [2.05, 4.69) is 140 Å². The monoisotopic (exact) mass is 742 g/mol. The third-order valence-corrected chi connectivity index (χ3v) is 13.8. The SMILES string of the molecule is c1ccc2c(c1)-c1c(ccc3oc4c(-c5c6ccccc6c(-c6cccc7c6oc6ccc8oc9ccccc9c8c67)c6ccccc56)cccc4c13)C21CCCC1. The molecule has 0 bridgehead atoms. The molecule has 0 atom stereocenters. The van der Waals surface area contributed by atoms with Gasteiger partial charge in [0.2, 0.25) is 0 Å². The highest BCUT2D eigenvalue weighted by Gasteiger charge is 2.46. The number of fused-ring (bicyclic) bond motifs is 18. The molecule has 3 heteroatoms. The fraction of sp³-hybridized carbons (Fsp3) is 0.0909. The van der Waals surface area contributed by atoms with Gasteiger partial charge in [0.05, 0.1) is 0 Å². The van der Waals surface area contributed by atoms with Gasteiger partial charge in [0.25, 0.3) is 0 Å². The summed E-state index contributed by atoms with van der Waals surface area (Å²) in [4.78, 5) is 0. The Labute approximate surface area is 332 Å². The van der Waals surface area contributed by atoms with Crippen molar-refractivity contribution in [3.63, 3.8) is 0 Å². The molecule has 0 aliphatic heterocycles. The Balaban J connectivity index is 1.06. The second kappa shape index (κ2) is 11.1. The highest BCUT2D eigenvalue weighted by atomic mass is 16.3. The average Bonchev–Trinajstić information content (AvgIpc) is 4.11. The van der Waals surface area contributed by atoms with Crippen molar-refractivity contribution in [2.45, 2.75) is 31.1 Å². The van der Waals surface area contributed by atoms with Gasteiger partial charge in [-0.1, -0.05) is 146 Å². The third-order valence-electron chi connectivity index (χ3n) is 13.8. The standard InChI is InChI=1S/C55H34O3/c1-3-15-33-31(13-1)47(37-19-11-21-39-51-45(57-53(37)39)26-25-42-49(51)35-17-5-7-23-41(35)55(42)29-9-10-30-55)32-14-2-4-16-34(32)48(33)38-20-12-22-40-52-46(58-54(38)40)28-27-44-50(52)36-18-6-8-24-43(36)56-44/h1-8,11-28H,9-10,29-30H2. The Kier molecular flexibility index (Phi) is 5.92. The van der Waals surface area contributed by atoms with Crippen molar-refractivity contribution in [2.24, 2.45) is 0 Å². The molecule has 58 heavy (non-hydrogen) atoms. The molecular formula is C55H34O3. The van der Waals surface area contributed by atoms with Crippen molar-refractivity contribution in [3.05, 3.63) is 169 Å². The molecule has 3 aromatic heterocycles. The van der Waals surface area contributed by atoms with Crippen LogP contribution < -0.4 is 0 Å². The van der Waals surface area contributed by atoms with Crippen LogP contribution in [0.15, 0.2) is 171 Å². The highest BCUT2D eigenvalue weighted by Crippen LogP contribution is 2.60. The fourth-order valence-electron chi connectivity index (χ4n) is 11.6. The van der Waals surface area contributed by atoms with Gasteiger partial charge in [-0.05, 0) is 80.9 Å². The lowest BCUT2D eigenvalue weighted by Crippen LogP contribution is -2.20. The van der Waals surface area contributed by atoms with Crippen LogP contribution in [0.3, 0.4) is 0 Å². The number of benzene rings is 9. The molecular weight excluding hydrogens is 709 g/mol. The van der Waals surface area contributed by atoms with Crippen LogP contribution in [0.5, 0.6) is 0 Å². The van der Waals surface area contributed by atoms with E-state index in [9.17, 15) is 0 Å². The molecule has 2 aliphatic rings. The molecule has 0 N–H and O–H groups in total. The van der Waals surface area contributed by atoms with Gasteiger partial charge in [0.15, 0.2) is 0 Å². The van der Waals surface area contributed by atoms with Gasteiger partial charge in [-0.25, -0.2) is 0 Å². The molecule has 0 unspecified atom stereocenters. The zero-order valence-electron chi connectivity index (χ0n) is 31.6. The minimum atomic E-state index is 0.102. The van der Waals surface area contributed by atoms with Crippen LogP contribution in [0, 0.1) is 0 Å². The number of para-hydroxylation sites is 3. The summed E-state index contributed by atoms with van der Waals surface area (Å²) < 4.78 is 20.3. The number of furan rings is 3. The zero-order valence-corrected chi connectivity index (χ0v) is 31.6. The Bertz CT molecular complexity index is 3690. The highest BCUT2D eigenvalue weighted by molar-refractivity contribution is 6.30. The van der Waals surface area contributed by atoms with Crippen molar-refractivity contribution in [1.29, 1.82) is 0 Å². The summed E-state index contributed by atoms with van der Waals surface area (Å²) in [5.41, 5.74) is 15.7. The minimum Gasteiger partial charge on any atom is -0.456 e. The molecule has 12 aromatic rings. The van der Waals surface area contributed by atoms with E-state index in [0.29, 0.717) is 0 Å². The zero-order chi connectivity index (χ0) is 37.7. The molecule has 1 saturated carbocycles. The first kappa shape index (κ1) is 31.0. The van der Waals surface area contributed by atoms with Gasteiger partial charge >= 0.3 is 0 Å². The average molecular weight is 743 g/mol. The summed E-state index contributed by atoms with van der Waals surface area (Å²) in [5.74, 6) is 0. The molecule has 3 nitrogen and oxygen atoms in total. The normalized spacial score (nSPS) is 14.8. The smallest absolute Gasteiger partial charge is 0.143 e. The summed E-state index contributed by atoms with van der Waals surface area (Å²) in [6.45, 7) is 0. The minimum absolute atomic E-state index is 0.102. The van der Waals surface area contributed by atoms with E-state index >= 15 is 0 Å². The first-order valence-corrected chi connectivity index (χ1v) is 20.6. The Morgan fingerprint density at radius 3 is 1.43 bits per heavy atom. The summed E-state index contributed by atoms with van der Waals surface area (Å²) in [6, 6.07) is 57.2. The number of hydrogen-bond acceptors (Lipinski definition) is 3. The van der Waals surface area contributed by atoms with Crippen molar-refractivity contribution in [1.82, 2.24) is 0 Å². The summed E-state index contributed by atoms with van der Waals surface area (Å²) in [7, 11) is 0. The van der Waals surface area contributed by atoms with E-state index in [1.165, 1.54) is 91.4 Å². The van der Waals surface area contributed by atoms with E-state index in [1.807, 2.05) is 18.2 Å². The van der Waals surface area contributed by atoms with E-state index in [4.69, 9.17) is 13.3 Å². The van der Waals surface area contributed by atoms with Crippen molar-refractivity contribution < 1.29 is 13.3 Å². The summed E-state index contributed by atoms with van der Waals surface area (Å²) >= 11 is 0. The summed E-state index contributed by atoms with van der Waals surface area (Å²) in [6.07, 6.45) is 4.96. The van der Waals surface area contributed by atoms with Gasteiger partial charge in [-0.3, -0.25) is 0 Å². The van der Waals surface area contributed by atoms with Crippen LogP contribution in [0.2, 0.25) is 0 Å². The predicted molar refractivity (Wildman–Crippen MR) is 239 cm³/mol. The first-order valence-electron chi connectivity index (χ1n) is 20.6. The maximum atomic E-state index is 7.07. The van der Waals surface area contributed by atoms with Gasteiger partial charge < -0.3 is 13.3 Å². The maximum Gasteiger partial charge on any atom is 0.143 e. The van der Waals surface area contributed by atoms with Gasteiger partial charge in [-0.2, -0.15) is 0 Å². The van der Waals surface area contributed by atoms with Crippen LogP contribution in [0.25, 0.3) is 121 Å². The van der Waals surface area contributed by atoms with Crippen molar-refractivity contribution in [3.8, 4) is 33.4 Å². The number of hydrogen-bond donors (Lipinski definition) is 0. The Morgan fingerprint density at radius 1 is 0.310 bits per heavy atom. The van der Waals surface area contributed by atoms with E-state index in [-0.39, 0.29) is 5.41 Å². The summed E-state index contributed by atoms with van der Waals surface area (Å²) in [5, 5.41) is 11.5. The molecule has 1 spiro atoms. The first-order chi connectivity index (χ1) is 28.8. The Hall–Kier alpha value is -7.10. The molecule has 9 aromatic carbocycles. The fourth-order valence-corrected chi connectivity index (χ4v) is 11.6.